The van der Waals surface area contributed by atoms with Gasteiger partial charge in [0.25, 0.3) is 15.9 Å². The van der Waals surface area contributed by atoms with Crippen molar-refractivity contribution in [3.63, 3.8) is 0 Å². The minimum Gasteiger partial charge on any atom is -0.497 e. The highest BCUT2D eigenvalue weighted by Gasteiger charge is 2.22. The molecule has 34 heavy (non-hydrogen) atoms. The van der Waals surface area contributed by atoms with Gasteiger partial charge in [0.2, 0.25) is 0 Å². The SMILES string of the molecule is COc1ccc(N2CCCN(C(=O)c3ccc(S(=O)(=O)Nc4ccccc4C)cc3)CC2)cc1. The summed E-state index contributed by atoms with van der Waals surface area (Å²) in [7, 11) is -2.10. The van der Waals surface area contributed by atoms with Gasteiger partial charge in [-0.25, -0.2) is 8.42 Å². The van der Waals surface area contributed by atoms with Crippen LogP contribution in [-0.2, 0) is 10.0 Å². The number of rotatable bonds is 6. The molecule has 4 rings (SSSR count). The molecule has 7 nitrogen and oxygen atoms in total. The molecule has 1 heterocycles. The molecule has 1 aliphatic rings. The maximum atomic E-state index is 13.1. The first-order valence-electron chi connectivity index (χ1n) is 11.2. The van der Waals surface area contributed by atoms with Crippen LogP contribution in [0.1, 0.15) is 22.3 Å². The lowest BCUT2D eigenvalue weighted by atomic mass is 10.2. The minimum absolute atomic E-state index is 0.0904. The van der Waals surface area contributed by atoms with E-state index in [0.29, 0.717) is 24.3 Å². The molecule has 1 amide bonds. The Bertz CT molecular complexity index is 1240. The molecule has 0 saturated carbocycles. The van der Waals surface area contributed by atoms with E-state index in [-0.39, 0.29) is 10.8 Å². The normalized spacial score (nSPS) is 14.4. The molecule has 1 N–H and O–H groups in total. The van der Waals surface area contributed by atoms with Gasteiger partial charge in [0, 0.05) is 37.4 Å². The van der Waals surface area contributed by atoms with Crippen LogP contribution < -0.4 is 14.4 Å². The molecular formula is C26H29N3O4S. The van der Waals surface area contributed by atoms with Crippen molar-refractivity contribution in [3.8, 4) is 5.75 Å². The van der Waals surface area contributed by atoms with Crippen LogP contribution in [0, 0.1) is 6.92 Å². The quantitative estimate of drug-likeness (QED) is 0.575. The van der Waals surface area contributed by atoms with E-state index in [9.17, 15) is 13.2 Å². The molecule has 178 valence electrons. The van der Waals surface area contributed by atoms with Gasteiger partial charge in [0.15, 0.2) is 0 Å². The first kappa shape index (κ1) is 23.6. The lowest BCUT2D eigenvalue weighted by Crippen LogP contribution is -2.35. The summed E-state index contributed by atoms with van der Waals surface area (Å²) in [5, 5.41) is 0. The van der Waals surface area contributed by atoms with E-state index in [4.69, 9.17) is 4.74 Å². The summed E-state index contributed by atoms with van der Waals surface area (Å²) in [6.07, 6.45) is 0.852. The Hall–Kier alpha value is -3.52. The lowest BCUT2D eigenvalue weighted by Gasteiger charge is -2.24. The highest BCUT2D eigenvalue weighted by molar-refractivity contribution is 7.92. The largest absolute Gasteiger partial charge is 0.497 e. The van der Waals surface area contributed by atoms with Crippen LogP contribution in [0.4, 0.5) is 11.4 Å². The second-order valence-corrected chi connectivity index (χ2v) is 9.96. The average Bonchev–Trinajstić information content (AvgIpc) is 3.11. The fourth-order valence-corrected chi connectivity index (χ4v) is 5.15. The first-order chi connectivity index (χ1) is 16.4. The zero-order valence-corrected chi connectivity index (χ0v) is 20.2. The summed E-state index contributed by atoms with van der Waals surface area (Å²) in [6.45, 7) is 4.68. The van der Waals surface area contributed by atoms with E-state index in [1.165, 1.54) is 12.1 Å². The molecule has 0 aliphatic carbocycles. The highest BCUT2D eigenvalue weighted by atomic mass is 32.2. The minimum atomic E-state index is -3.74. The molecular weight excluding hydrogens is 450 g/mol. The number of carbonyl (C=O) groups is 1. The van der Waals surface area contributed by atoms with Gasteiger partial charge >= 0.3 is 0 Å². The van der Waals surface area contributed by atoms with Crippen molar-refractivity contribution < 1.29 is 17.9 Å². The zero-order valence-electron chi connectivity index (χ0n) is 19.4. The van der Waals surface area contributed by atoms with Gasteiger partial charge in [-0.15, -0.1) is 0 Å². The van der Waals surface area contributed by atoms with Crippen molar-refractivity contribution in [2.24, 2.45) is 0 Å². The molecule has 1 fully saturated rings. The maximum Gasteiger partial charge on any atom is 0.261 e. The van der Waals surface area contributed by atoms with Crippen LogP contribution in [0.25, 0.3) is 0 Å². The smallest absolute Gasteiger partial charge is 0.261 e. The van der Waals surface area contributed by atoms with Crippen LogP contribution >= 0.6 is 0 Å². The van der Waals surface area contributed by atoms with Crippen LogP contribution in [0.2, 0.25) is 0 Å². The Morgan fingerprint density at radius 2 is 1.59 bits per heavy atom. The number of para-hydroxylation sites is 1. The van der Waals surface area contributed by atoms with Crippen LogP contribution in [0.15, 0.2) is 77.7 Å². The van der Waals surface area contributed by atoms with Crippen molar-refractivity contribution >= 4 is 27.3 Å². The summed E-state index contributed by atoms with van der Waals surface area (Å²) in [5.41, 5.74) is 2.95. The van der Waals surface area contributed by atoms with Gasteiger partial charge in [-0.1, -0.05) is 18.2 Å². The molecule has 1 aliphatic heterocycles. The third-order valence-electron chi connectivity index (χ3n) is 6.02. The molecule has 0 bridgehead atoms. The second-order valence-electron chi connectivity index (χ2n) is 8.28. The number of aryl methyl sites for hydroxylation is 1. The number of benzene rings is 3. The third kappa shape index (κ3) is 5.34. The molecule has 8 heteroatoms. The second kappa shape index (κ2) is 10.2. The third-order valence-corrected chi connectivity index (χ3v) is 7.40. The van der Waals surface area contributed by atoms with Crippen molar-refractivity contribution in [2.75, 3.05) is 42.9 Å². The Morgan fingerprint density at radius 3 is 2.26 bits per heavy atom. The van der Waals surface area contributed by atoms with Crippen LogP contribution in [0.5, 0.6) is 5.75 Å². The monoisotopic (exact) mass is 479 g/mol. The summed E-state index contributed by atoms with van der Waals surface area (Å²) in [4.78, 5) is 17.3. The number of methoxy groups -OCH3 is 1. The fraction of sp³-hybridized carbons (Fsp3) is 0.269. The van der Waals surface area contributed by atoms with Gasteiger partial charge in [-0.05, 0) is 73.5 Å². The molecule has 0 unspecified atom stereocenters. The predicted molar refractivity (Wildman–Crippen MR) is 134 cm³/mol. The molecule has 0 spiro atoms. The van der Waals surface area contributed by atoms with Gasteiger partial charge in [0.1, 0.15) is 5.75 Å². The summed E-state index contributed by atoms with van der Waals surface area (Å²) in [6, 6.07) is 21.3. The molecule has 0 atom stereocenters. The average molecular weight is 480 g/mol. The van der Waals surface area contributed by atoms with Gasteiger partial charge in [-0.2, -0.15) is 0 Å². The summed E-state index contributed by atoms with van der Waals surface area (Å²) < 4.78 is 33.4. The summed E-state index contributed by atoms with van der Waals surface area (Å²) in [5.74, 6) is 0.724. The van der Waals surface area contributed by atoms with Crippen molar-refractivity contribution in [3.05, 3.63) is 83.9 Å². The molecule has 0 radical (unpaired) electrons. The summed E-state index contributed by atoms with van der Waals surface area (Å²) >= 11 is 0. The van der Waals surface area contributed by atoms with E-state index in [1.54, 1.807) is 31.4 Å². The predicted octanol–water partition coefficient (Wildman–Crippen LogP) is 4.16. The van der Waals surface area contributed by atoms with E-state index in [0.717, 1.165) is 36.5 Å². The number of amides is 1. The molecule has 0 aromatic heterocycles. The van der Waals surface area contributed by atoms with Crippen molar-refractivity contribution in [1.29, 1.82) is 0 Å². The fourth-order valence-electron chi connectivity index (χ4n) is 4.02. The molecule has 3 aromatic rings. The Kier molecular flexibility index (Phi) is 7.07. The number of anilines is 2. The van der Waals surface area contributed by atoms with E-state index in [1.807, 2.05) is 48.2 Å². The molecule has 1 saturated heterocycles. The number of nitrogens with zero attached hydrogens (tertiary/aromatic N) is 2. The Morgan fingerprint density at radius 1 is 0.882 bits per heavy atom. The maximum absolute atomic E-state index is 13.1. The number of hydrogen-bond acceptors (Lipinski definition) is 5. The van der Waals surface area contributed by atoms with Crippen molar-refractivity contribution in [2.45, 2.75) is 18.2 Å². The number of hydrogen-bond donors (Lipinski definition) is 1. The van der Waals surface area contributed by atoms with Gasteiger partial charge < -0.3 is 14.5 Å². The zero-order chi connectivity index (χ0) is 24.1. The van der Waals surface area contributed by atoms with Gasteiger partial charge in [0.05, 0.1) is 17.7 Å². The van der Waals surface area contributed by atoms with E-state index < -0.39 is 10.0 Å². The standard InChI is InChI=1S/C26H29N3O4S/c1-20-6-3-4-7-25(20)27-34(31,32)24-14-8-21(9-15-24)26(30)29-17-5-16-28(18-19-29)22-10-12-23(33-2)13-11-22/h3-4,6-15,27H,5,16-19H2,1-2H3. The number of carbonyl (C=O) groups excluding carboxylic acids is 1. The number of sulfonamides is 1. The Balaban J connectivity index is 1.41. The first-order valence-corrected chi connectivity index (χ1v) is 12.7. The number of nitrogens with one attached hydrogen (secondary N) is 1. The lowest BCUT2D eigenvalue weighted by molar-refractivity contribution is 0.0767. The van der Waals surface area contributed by atoms with Crippen molar-refractivity contribution in [1.82, 2.24) is 4.90 Å². The number of ether oxygens (including phenoxy) is 1. The molecule has 3 aromatic carbocycles. The van der Waals surface area contributed by atoms with Gasteiger partial charge in [-0.3, -0.25) is 9.52 Å². The van der Waals surface area contributed by atoms with Crippen LogP contribution in [-0.4, -0.2) is 52.5 Å². The van der Waals surface area contributed by atoms with E-state index in [2.05, 4.69) is 9.62 Å². The Labute approximate surface area is 201 Å². The van der Waals surface area contributed by atoms with Crippen LogP contribution in [0.3, 0.4) is 0 Å². The highest BCUT2D eigenvalue weighted by Crippen LogP contribution is 2.22. The van der Waals surface area contributed by atoms with E-state index >= 15 is 0 Å². The topological polar surface area (TPSA) is 79.0 Å².